The topological polar surface area (TPSA) is 32.3 Å². The first-order valence-electron chi connectivity index (χ1n) is 5.42. The second-order valence-electron chi connectivity index (χ2n) is 4.37. The Morgan fingerprint density at radius 3 is 2.60 bits per heavy atom. The van der Waals surface area contributed by atoms with Crippen molar-refractivity contribution >= 4 is 0 Å². The van der Waals surface area contributed by atoms with Crippen molar-refractivity contribution < 1.29 is 5.11 Å². The van der Waals surface area contributed by atoms with Gasteiger partial charge in [0.25, 0.3) is 0 Å². The quantitative estimate of drug-likeness (QED) is 0.792. The third-order valence-electron chi connectivity index (χ3n) is 3.05. The van der Waals surface area contributed by atoms with E-state index in [0.717, 1.165) is 18.5 Å². The van der Waals surface area contributed by atoms with E-state index in [-0.39, 0.29) is 0 Å². The van der Waals surface area contributed by atoms with E-state index in [0.29, 0.717) is 0 Å². The molecule has 0 aromatic heterocycles. The van der Waals surface area contributed by atoms with Crippen LogP contribution in [-0.4, -0.2) is 18.7 Å². The average Bonchev–Trinajstić information content (AvgIpc) is 2.19. The van der Waals surface area contributed by atoms with Gasteiger partial charge in [-0.05, 0) is 57.5 Å². The van der Waals surface area contributed by atoms with Crippen LogP contribution in [-0.2, 0) is 5.60 Å². The molecule has 1 aromatic rings. The molecule has 0 heterocycles. The highest BCUT2D eigenvalue weighted by Gasteiger charge is 2.24. The Hall–Kier alpha value is -0.860. The van der Waals surface area contributed by atoms with Crippen molar-refractivity contribution in [2.75, 3.05) is 13.6 Å². The summed E-state index contributed by atoms with van der Waals surface area (Å²) in [6.45, 7) is 6.85. The van der Waals surface area contributed by atoms with Gasteiger partial charge in [-0.15, -0.1) is 0 Å². The van der Waals surface area contributed by atoms with Crippen LogP contribution in [0.25, 0.3) is 0 Å². The molecule has 0 saturated carbocycles. The Labute approximate surface area is 92.3 Å². The van der Waals surface area contributed by atoms with Gasteiger partial charge in [0.05, 0.1) is 5.60 Å². The van der Waals surface area contributed by atoms with Gasteiger partial charge in [0, 0.05) is 0 Å². The molecule has 0 fully saturated rings. The minimum atomic E-state index is -0.737. The molecule has 0 aliphatic rings. The predicted octanol–water partition coefficient (Wildman–Crippen LogP) is 2.12. The maximum absolute atomic E-state index is 10.4. The molecule has 1 atom stereocenters. The van der Waals surface area contributed by atoms with Gasteiger partial charge in [0.15, 0.2) is 0 Å². The largest absolute Gasteiger partial charge is 0.385 e. The Morgan fingerprint density at radius 2 is 2.00 bits per heavy atom. The molecule has 0 amide bonds. The van der Waals surface area contributed by atoms with Crippen molar-refractivity contribution in [3.8, 4) is 0 Å². The van der Waals surface area contributed by atoms with Crippen molar-refractivity contribution in [3.63, 3.8) is 0 Å². The summed E-state index contributed by atoms with van der Waals surface area (Å²) in [6, 6.07) is 6.09. The number of benzene rings is 1. The first kappa shape index (κ1) is 12.2. The summed E-state index contributed by atoms with van der Waals surface area (Å²) in [5, 5.41) is 13.4. The highest BCUT2D eigenvalue weighted by atomic mass is 16.3. The van der Waals surface area contributed by atoms with Crippen LogP contribution in [0.5, 0.6) is 0 Å². The third kappa shape index (κ3) is 2.80. The molecule has 0 spiro atoms. The molecule has 84 valence electrons. The van der Waals surface area contributed by atoms with Gasteiger partial charge in [0.2, 0.25) is 0 Å². The molecular weight excluding hydrogens is 186 g/mol. The molecular formula is C13H21NO. The van der Waals surface area contributed by atoms with E-state index in [9.17, 15) is 5.11 Å². The van der Waals surface area contributed by atoms with Crippen LogP contribution in [0.4, 0.5) is 0 Å². The van der Waals surface area contributed by atoms with E-state index in [1.165, 1.54) is 11.1 Å². The van der Waals surface area contributed by atoms with Crippen molar-refractivity contribution in [2.45, 2.75) is 32.8 Å². The van der Waals surface area contributed by atoms with Gasteiger partial charge < -0.3 is 10.4 Å². The molecule has 1 unspecified atom stereocenters. The van der Waals surface area contributed by atoms with Crippen LogP contribution in [0.15, 0.2) is 18.2 Å². The predicted molar refractivity (Wildman–Crippen MR) is 64.0 cm³/mol. The van der Waals surface area contributed by atoms with Crippen LogP contribution < -0.4 is 5.32 Å². The number of aliphatic hydroxyl groups is 1. The maximum atomic E-state index is 10.4. The highest BCUT2D eigenvalue weighted by molar-refractivity contribution is 5.36. The third-order valence-corrected chi connectivity index (χ3v) is 3.05. The fraction of sp³-hybridized carbons (Fsp3) is 0.538. The molecule has 2 heteroatoms. The van der Waals surface area contributed by atoms with E-state index in [2.05, 4.69) is 25.2 Å². The second kappa shape index (κ2) is 4.77. The van der Waals surface area contributed by atoms with Gasteiger partial charge in [-0.2, -0.15) is 0 Å². The van der Waals surface area contributed by atoms with Gasteiger partial charge >= 0.3 is 0 Å². The van der Waals surface area contributed by atoms with Crippen LogP contribution >= 0.6 is 0 Å². The Kier molecular flexibility index (Phi) is 3.89. The molecule has 2 nitrogen and oxygen atoms in total. The van der Waals surface area contributed by atoms with Crippen LogP contribution in [0.2, 0.25) is 0 Å². The SMILES string of the molecule is CNCCC(C)(O)c1cccc(C)c1C. The lowest BCUT2D eigenvalue weighted by molar-refractivity contribution is 0.0478. The fourth-order valence-electron chi connectivity index (χ4n) is 1.84. The van der Waals surface area contributed by atoms with Crippen molar-refractivity contribution in [1.82, 2.24) is 5.32 Å². The smallest absolute Gasteiger partial charge is 0.0883 e. The summed E-state index contributed by atoms with van der Waals surface area (Å²) >= 11 is 0. The van der Waals surface area contributed by atoms with E-state index in [1.54, 1.807) is 0 Å². The summed E-state index contributed by atoms with van der Waals surface area (Å²) in [7, 11) is 1.90. The van der Waals surface area contributed by atoms with Crippen molar-refractivity contribution in [3.05, 3.63) is 34.9 Å². The van der Waals surface area contributed by atoms with Crippen LogP contribution in [0, 0.1) is 13.8 Å². The molecule has 2 N–H and O–H groups in total. The van der Waals surface area contributed by atoms with E-state index in [1.807, 2.05) is 26.1 Å². The molecule has 0 saturated heterocycles. The highest BCUT2D eigenvalue weighted by Crippen LogP contribution is 2.28. The lowest BCUT2D eigenvalue weighted by Crippen LogP contribution is -2.27. The van der Waals surface area contributed by atoms with Gasteiger partial charge in [-0.1, -0.05) is 18.2 Å². The standard InChI is InChI=1S/C13H21NO/c1-10-6-5-7-12(11(10)2)13(3,15)8-9-14-4/h5-7,14-15H,8-9H2,1-4H3. The first-order chi connectivity index (χ1) is 6.99. The van der Waals surface area contributed by atoms with Gasteiger partial charge in [0.1, 0.15) is 0 Å². The van der Waals surface area contributed by atoms with Crippen LogP contribution in [0.3, 0.4) is 0 Å². The summed E-state index contributed by atoms with van der Waals surface area (Å²) in [6.07, 6.45) is 0.730. The maximum Gasteiger partial charge on any atom is 0.0883 e. The van der Waals surface area contributed by atoms with Crippen molar-refractivity contribution in [2.24, 2.45) is 0 Å². The zero-order valence-corrected chi connectivity index (χ0v) is 10.1. The minimum Gasteiger partial charge on any atom is -0.385 e. The Balaban J connectivity index is 2.98. The Morgan fingerprint density at radius 1 is 1.33 bits per heavy atom. The number of nitrogens with one attached hydrogen (secondary N) is 1. The molecule has 0 radical (unpaired) electrons. The van der Waals surface area contributed by atoms with Crippen molar-refractivity contribution in [1.29, 1.82) is 0 Å². The molecule has 0 aliphatic carbocycles. The lowest BCUT2D eigenvalue weighted by atomic mass is 9.87. The van der Waals surface area contributed by atoms with E-state index < -0.39 is 5.60 Å². The number of hydrogen-bond donors (Lipinski definition) is 2. The second-order valence-corrected chi connectivity index (χ2v) is 4.37. The summed E-state index contributed by atoms with van der Waals surface area (Å²) < 4.78 is 0. The Bertz CT molecular complexity index is 331. The molecule has 1 rings (SSSR count). The molecule has 0 bridgehead atoms. The summed E-state index contributed by atoms with van der Waals surface area (Å²) in [5.74, 6) is 0. The normalized spacial score (nSPS) is 15.0. The van der Waals surface area contributed by atoms with Gasteiger partial charge in [-0.25, -0.2) is 0 Å². The van der Waals surface area contributed by atoms with Gasteiger partial charge in [-0.3, -0.25) is 0 Å². The van der Waals surface area contributed by atoms with Crippen LogP contribution in [0.1, 0.15) is 30.0 Å². The average molecular weight is 207 g/mol. The molecule has 15 heavy (non-hydrogen) atoms. The molecule has 1 aromatic carbocycles. The van der Waals surface area contributed by atoms with E-state index >= 15 is 0 Å². The number of rotatable bonds is 4. The number of hydrogen-bond acceptors (Lipinski definition) is 2. The monoisotopic (exact) mass is 207 g/mol. The molecule has 0 aliphatic heterocycles. The lowest BCUT2D eigenvalue weighted by Gasteiger charge is -2.26. The summed E-state index contributed by atoms with van der Waals surface area (Å²) in [5.41, 5.74) is 2.73. The zero-order valence-electron chi connectivity index (χ0n) is 10.1. The van der Waals surface area contributed by atoms with E-state index in [4.69, 9.17) is 0 Å². The number of aryl methyl sites for hydroxylation is 1. The first-order valence-corrected chi connectivity index (χ1v) is 5.42. The summed E-state index contributed by atoms with van der Waals surface area (Å²) in [4.78, 5) is 0. The fourth-order valence-corrected chi connectivity index (χ4v) is 1.84. The minimum absolute atomic E-state index is 0.730. The zero-order chi connectivity index (χ0) is 11.5.